The molecule has 2 N–H and O–H groups in total. The summed E-state index contributed by atoms with van der Waals surface area (Å²) in [6.07, 6.45) is 1.46. The molecule has 0 spiro atoms. The predicted octanol–water partition coefficient (Wildman–Crippen LogP) is 3.74. The Hall–Kier alpha value is -1.77. The molecule has 1 aromatic heterocycles. The fraction of sp³-hybridized carbons (Fsp3) is 0. The zero-order valence-electron chi connectivity index (χ0n) is 9.02. The summed E-state index contributed by atoms with van der Waals surface area (Å²) in [5.41, 5.74) is 6.55. The van der Waals surface area contributed by atoms with Crippen molar-refractivity contribution in [2.45, 2.75) is 0 Å². The molecule has 1 aromatic carbocycles. The number of nitrogens with zero attached hydrogens (tertiary/aromatic N) is 2. The summed E-state index contributed by atoms with van der Waals surface area (Å²) in [4.78, 5) is 3.98. The molecule has 0 bridgehead atoms. The summed E-state index contributed by atoms with van der Waals surface area (Å²) >= 11 is 9.29. The van der Waals surface area contributed by atoms with E-state index in [1.807, 2.05) is 6.07 Å². The Balaban J connectivity index is 2.37. The van der Waals surface area contributed by atoms with Crippen molar-refractivity contribution in [3.05, 3.63) is 45.5 Å². The van der Waals surface area contributed by atoms with Crippen molar-refractivity contribution in [2.75, 3.05) is 5.73 Å². The van der Waals surface area contributed by atoms with Crippen molar-refractivity contribution in [3.8, 4) is 17.7 Å². The van der Waals surface area contributed by atoms with Crippen LogP contribution in [0.3, 0.4) is 0 Å². The van der Waals surface area contributed by atoms with Crippen molar-refractivity contribution in [2.24, 2.45) is 0 Å². The Morgan fingerprint density at radius 1 is 1.39 bits per heavy atom. The van der Waals surface area contributed by atoms with Gasteiger partial charge in [0.15, 0.2) is 0 Å². The third kappa shape index (κ3) is 2.73. The van der Waals surface area contributed by atoms with Crippen LogP contribution in [0.4, 0.5) is 5.69 Å². The number of rotatable bonds is 2. The van der Waals surface area contributed by atoms with E-state index in [1.54, 1.807) is 18.2 Å². The maximum atomic E-state index is 8.85. The molecular weight excluding hydrogens is 318 g/mol. The number of ether oxygens (including phenoxy) is 1. The number of benzene rings is 1. The van der Waals surface area contributed by atoms with Gasteiger partial charge in [-0.25, -0.2) is 4.98 Å². The van der Waals surface area contributed by atoms with E-state index in [9.17, 15) is 0 Å². The van der Waals surface area contributed by atoms with Crippen LogP contribution in [0, 0.1) is 11.3 Å². The highest BCUT2D eigenvalue weighted by Gasteiger charge is 2.10. The van der Waals surface area contributed by atoms with Gasteiger partial charge in [-0.1, -0.05) is 27.5 Å². The van der Waals surface area contributed by atoms with Crippen LogP contribution in [0.5, 0.6) is 11.6 Å². The smallest absolute Gasteiger partial charge is 0.239 e. The minimum Gasteiger partial charge on any atom is -0.437 e. The Morgan fingerprint density at radius 3 is 2.83 bits per heavy atom. The summed E-state index contributed by atoms with van der Waals surface area (Å²) in [6.45, 7) is 0. The van der Waals surface area contributed by atoms with E-state index >= 15 is 0 Å². The lowest BCUT2D eigenvalue weighted by atomic mass is 10.3. The molecular formula is C12H7BrClN3O. The average molecular weight is 325 g/mol. The fourth-order valence-corrected chi connectivity index (χ4v) is 2.02. The van der Waals surface area contributed by atoms with Crippen LogP contribution in [0.15, 0.2) is 34.9 Å². The van der Waals surface area contributed by atoms with Crippen molar-refractivity contribution >= 4 is 33.2 Å². The number of nitriles is 1. The van der Waals surface area contributed by atoms with Gasteiger partial charge in [0.25, 0.3) is 0 Å². The third-order valence-electron chi connectivity index (χ3n) is 2.09. The lowest BCUT2D eigenvalue weighted by molar-refractivity contribution is 0.463. The molecule has 90 valence electrons. The molecule has 0 fully saturated rings. The van der Waals surface area contributed by atoms with E-state index in [1.165, 1.54) is 12.3 Å². The van der Waals surface area contributed by atoms with E-state index < -0.39 is 0 Å². The first-order valence-corrected chi connectivity index (χ1v) is 6.06. The van der Waals surface area contributed by atoms with E-state index in [-0.39, 0.29) is 10.9 Å². The molecule has 2 aromatic rings. The van der Waals surface area contributed by atoms with Crippen molar-refractivity contribution in [1.82, 2.24) is 4.98 Å². The maximum Gasteiger partial charge on any atom is 0.239 e. The van der Waals surface area contributed by atoms with Crippen molar-refractivity contribution < 1.29 is 4.74 Å². The molecule has 0 saturated heterocycles. The molecule has 0 radical (unpaired) electrons. The SMILES string of the molecule is N#Cc1ccnc(Oc2cc(N)cc(Br)c2)c1Cl. The van der Waals surface area contributed by atoms with Crippen LogP contribution in [-0.2, 0) is 0 Å². The van der Waals surface area contributed by atoms with Gasteiger partial charge in [-0.05, 0) is 18.2 Å². The van der Waals surface area contributed by atoms with Gasteiger partial charge in [-0.15, -0.1) is 0 Å². The summed E-state index contributed by atoms with van der Waals surface area (Å²) in [7, 11) is 0. The van der Waals surface area contributed by atoms with Crippen LogP contribution in [0.1, 0.15) is 5.56 Å². The van der Waals surface area contributed by atoms with Crippen LogP contribution >= 0.6 is 27.5 Å². The third-order valence-corrected chi connectivity index (χ3v) is 2.91. The first-order chi connectivity index (χ1) is 8.60. The minimum absolute atomic E-state index is 0.174. The molecule has 0 aliphatic heterocycles. The van der Waals surface area contributed by atoms with E-state index in [0.29, 0.717) is 17.0 Å². The van der Waals surface area contributed by atoms with Crippen LogP contribution in [0.25, 0.3) is 0 Å². The number of nitrogen functional groups attached to an aromatic ring is 1. The number of hydrogen-bond donors (Lipinski definition) is 1. The quantitative estimate of drug-likeness (QED) is 0.854. The molecule has 0 aliphatic carbocycles. The summed E-state index contributed by atoms with van der Waals surface area (Å²) < 4.78 is 6.29. The largest absolute Gasteiger partial charge is 0.437 e. The molecule has 4 nitrogen and oxygen atoms in total. The highest BCUT2D eigenvalue weighted by atomic mass is 79.9. The van der Waals surface area contributed by atoms with E-state index in [2.05, 4.69) is 20.9 Å². The van der Waals surface area contributed by atoms with E-state index in [0.717, 1.165) is 4.47 Å². The normalized spacial score (nSPS) is 9.83. The number of halogens is 2. The monoisotopic (exact) mass is 323 g/mol. The Morgan fingerprint density at radius 2 is 2.17 bits per heavy atom. The minimum atomic E-state index is 0.174. The van der Waals surface area contributed by atoms with Gasteiger partial charge in [0.1, 0.15) is 16.8 Å². The molecule has 18 heavy (non-hydrogen) atoms. The van der Waals surface area contributed by atoms with Crippen molar-refractivity contribution in [1.29, 1.82) is 5.26 Å². The first-order valence-electron chi connectivity index (χ1n) is 4.88. The first kappa shape index (κ1) is 12.7. The Labute approximate surface area is 117 Å². The van der Waals surface area contributed by atoms with Crippen molar-refractivity contribution in [3.63, 3.8) is 0 Å². The predicted molar refractivity (Wildman–Crippen MR) is 72.6 cm³/mol. The van der Waals surface area contributed by atoms with Gasteiger partial charge < -0.3 is 10.5 Å². The second-order valence-electron chi connectivity index (χ2n) is 3.41. The van der Waals surface area contributed by atoms with E-state index in [4.69, 9.17) is 27.3 Å². The molecule has 0 saturated carbocycles. The van der Waals surface area contributed by atoms with Gasteiger partial charge in [0.05, 0.1) is 5.56 Å². The molecule has 0 unspecified atom stereocenters. The molecule has 1 heterocycles. The average Bonchev–Trinajstić information content (AvgIpc) is 2.30. The Kier molecular flexibility index (Phi) is 3.70. The summed E-state index contributed by atoms with van der Waals surface area (Å²) in [5, 5.41) is 9.03. The van der Waals surface area contributed by atoms with Crippen LogP contribution < -0.4 is 10.5 Å². The zero-order chi connectivity index (χ0) is 13.1. The number of anilines is 1. The summed E-state index contributed by atoms with van der Waals surface area (Å²) in [6, 6.07) is 8.59. The number of hydrogen-bond acceptors (Lipinski definition) is 4. The second kappa shape index (κ2) is 5.25. The zero-order valence-corrected chi connectivity index (χ0v) is 11.4. The highest BCUT2D eigenvalue weighted by Crippen LogP contribution is 2.31. The molecule has 6 heteroatoms. The highest BCUT2D eigenvalue weighted by molar-refractivity contribution is 9.10. The van der Waals surface area contributed by atoms with Gasteiger partial charge in [0.2, 0.25) is 5.88 Å². The molecule has 0 atom stereocenters. The molecule has 0 aliphatic rings. The number of pyridine rings is 1. The number of nitrogens with two attached hydrogens (primary N) is 1. The fourth-order valence-electron chi connectivity index (χ4n) is 1.34. The Bertz CT molecular complexity index is 619. The second-order valence-corrected chi connectivity index (χ2v) is 4.71. The lowest BCUT2D eigenvalue weighted by Gasteiger charge is -2.08. The van der Waals surface area contributed by atoms with Crippen LogP contribution in [-0.4, -0.2) is 4.98 Å². The standard InChI is InChI=1S/C12H7BrClN3O/c13-8-3-9(16)5-10(4-8)18-12-11(14)7(6-15)1-2-17-12/h1-5H,16H2. The summed E-state index contributed by atoms with van der Waals surface area (Å²) in [5.74, 6) is 0.666. The maximum absolute atomic E-state index is 8.85. The van der Waals surface area contributed by atoms with Gasteiger partial charge in [-0.3, -0.25) is 0 Å². The van der Waals surface area contributed by atoms with Gasteiger partial charge in [0, 0.05) is 22.4 Å². The molecule has 0 amide bonds. The van der Waals surface area contributed by atoms with Gasteiger partial charge in [-0.2, -0.15) is 5.26 Å². The number of aromatic nitrogens is 1. The molecule has 2 rings (SSSR count). The van der Waals surface area contributed by atoms with Crippen LogP contribution in [0.2, 0.25) is 5.02 Å². The van der Waals surface area contributed by atoms with Gasteiger partial charge >= 0.3 is 0 Å². The topological polar surface area (TPSA) is 71.9 Å². The lowest BCUT2D eigenvalue weighted by Crippen LogP contribution is -1.92.